The molecule has 0 unspecified atom stereocenters. The van der Waals surface area contributed by atoms with Gasteiger partial charge in [-0.25, -0.2) is 0 Å². The second-order valence-corrected chi connectivity index (χ2v) is 8.28. The van der Waals surface area contributed by atoms with Gasteiger partial charge in [-0.15, -0.1) is 0 Å². The molecule has 0 saturated carbocycles. The van der Waals surface area contributed by atoms with Crippen molar-refractivity contribution in [1.82, 2.24) is 21.1 Å². The molecule has 0 atom stereocenters. The lowest BCUT2D eigenvalue weighted by molar-refractivity contribution is 0.0376. The molecule has 1 amide bonds. The van der Waals surface area contributed by atoms with Crippen LogP contribution in [0.3, 0.4) is 0 Å². The van der Waals surface area contributed by atoms with E-state index in [-0.39, 0.29) is 5.91 Å². The summed E-state index contributed by atoms with van der Waals surface area (Å²) in [5.74, 6) is 0.592. The molecule has 0 spiro atoms. The van der Waals surface area contributed by atoms with Crippen LogP contribution in [0.4, 0.5) is 0 Å². The van der Waals surface area contributed by atoms with Gasteiger partial charge in [0, 0.05) is 25.2 Å². The van der Waals surface area contributed by atoms with Crippen molar-refractivity contribution in [2.24, 2.45) is 0 Å². The van der Waals surface area contributed by atoms with E-state index in [1.807, 2.05) is 24.3 Å². The fourth-order valence-corrected chi connectivity index (χ4v) is 3.44. The van der Waals surface area contributed by atoms with Crippen LogP contribution < -0.4 is 20.9 Å². The number of nitrogens with zero attached hydrogens (tertiary/aromatic N) is 1. The van der Waals surface area contributed by atoms with Gasteiger partial charge in [0.25, 0.3) is 5.91 Å². The van der Waals surface area contributed by atoms with Crippen LogP contribution in [0.25, 0.3) is 0 Å². The van der Waals surface area contributed by atoms with Gasteiger partial charge in [-0.2, -0.15) is 0 Å². The number of amides is 1. The fourth-order valence-electron chi connectivity index (χ4n) is 3.28. The molecule has 8 heteroatoms. The number of benzene rings is 2. The summed E-state index contributed by atoms with van der Waals surface area (Å²) < 4.78 is 11.2. The summed E-state index contributed by atoms with van der Waals surface area (Å²) >= 11 is 5.22. The van der Waals surface area contributed by atoms with Crippen molar-refractivity contribution in [3.8, 4) is 5.75 Å². The van der Waals surface area contributed by atoms with E-state index in [1.165, 1.54) is 11.1 Å². The third kappa shape index (κ3) is 7.78. The van der Waals surface area contributed by atoms with Gasteiger partial charge in [-0.1, -0.05) is 18.2 Å². The molecule has 0 aromatic heterocycles. The molecule has 1 saturated heterocycles. The fraction of sp³-hybridized carbons (Fsp3) is 0.417. The summed E-state index contributed by atoms with van der Waals surface area (Å²) in [7, 11) is 0. The number of carbonyl (C=O) groups is 1. The molecule has 3 N–H and O–H groups in total. The van der Waals surface area contributed by atoms with Gasteiger partial charge in [-0.3, -0.25) is 20.5 Å². The van der Waals surface area contributed by atoms with Crippen LogP contribution in [0.15, 0.2) is 42.5 Å². The number of aryl methyl sites for hydroxylation is 2. The molecule has 32 heavy (non-hydrogen) atoms. The molecule has 1 aliphatic rings. The molecule has 0 bridgehead atoms. The molecule has 1 fully saturated rings. The maximum atomic E-state index is 12.3. The Morgan fingerprint density at radius 3 is 2.53 bits per heavy atom. The van der Waals surface area contributed by atoms with Crippen molar-refractivity contribution in [2.45, 2.75) is 26.9 Å². The van der Waals surface area contributed by atoms with E-state index in [0.29, 0.717) is 17.3 Å². The number of morpholine rings is 1. The number of thiocarbonyl (C=S) groups is 1. The van der Waals surface area contributed by atoms with E-state index in [2.05, 4.69) is 41.0 Å². The zero-order valence-corrected chi connectivity index (χ0v) is 19.6. The van der Waals surface area contributed by atoms with E-state index in [1.54, 1.807) is 12.1 Å². The van der Waals surface area contributed by atoms with E-state index in [9.17, 15) is 4.79 Å². The van der Waals surface area contributed by atoms with Crippen LogP contribution in [0.5, 0.6) is 5.75 Å². The maximum Gasteiger partial charge on any atom is 0.269 e. The Morgan fingerprint density at radius 1 is 1.06 bits per heavy atom. The van der Waals surface area contributed by atoms with Gasteiger partial charge in [0.1, 0.15) is 12.4 Å². The Kier molecular flexibility index (Phi) is 9.27. The van der Waals surface area contributed by atoms with Crippen LogP contribution in [0, 0.1) is 13.8 Å². The zero-order valence-electron chi connectivity index (χ0n) is 18.8. The molecule has 1 aliphatic heterocycles. The van der Waals surface area contributed by atoms with Crippen LogP contribution in [0.1, 0.15) is 33.5 Å². The second-order valence-electron chi connectivity index (χ2n) is 7.87. The Hall–Kier alpha value is -2.68. The molecule has 7 nitrogen and oxygen atoms in total. The molecule has 1 heterocycles. The lowest BCUT2D eigenvalue weighted by atomic mass is 10.1. The molecule has 0 radical (unpaired) electrons. The molecule has 0 aliphatic carbocycles. The van der Waals surface area contributed by atoms with Crippen LogP contribution >= 0.6 is 12.2 Å². The Labute approximate surface area is 195 Å². The van der Waals surface area contributed by atoms with Gasteiger partial charge >= 0.3 is 0 Å². The minimum atomic E-state index is -0.246. The number of nitrogens with one attached hydrogen (secondary N) is 3. The topological polar surface area (TPSA) is 74.9 Å². The highest BCUT2D eigenvalue weighted by Gasteiger charge is 2.10. The molecule has 172 valence electrons. The van der Waals surface area contributed by atoms with E-state index in [0.717, 1.165) is 57.1 Å². The number of ether oxygens (including phenoxy) is 2. The average Bonchev–Trinajstić information content (AvgIpc) is 2.82. The zero-order chi connectivity index (χ0) is 22.8. The molecule has 3 rings (SSSR count). The predicted octanol–water partition coefficient (Wildman–Crippen LogP) is 2.71. The van der Waals surface area contributed by atoms with Gasteiger partial charge in [0.2, 0.25) is 0 Å². The lowest BCUT2D eigenvalue weighted by Crippen LogP contribution is -2.47. The summed E-state index contributed by atoms with van der Waals surface area (Å²) in [5, 5.41) is 3.51. The van der Waals surface area contributed by atoms with Crippen LogP contribution in [-0.2, 0) is 11.3 Å². The van der Waals surface area contributed by atoms with Gasteiger partial charge in [0.15, 0.2) is 5.11 Å². The van der Waals surface area contributed by atoms with Crippen molar-refractivity contribution in [1.29, 1.82) is 0 Å². The highest BCUT2D eigenvalue weighted by atomic mass is 32.1. The number of hydrogen-bond donors (Lipinski definition) is 3. The van der Waals surface area contributed by atoms with Gasteiger partial charge < -0.3 is 14.8 Å². The smallest absolute Gasteiger partial charge is 0.269 e. The number of carbonyl (C=O) groups excluding carboxylic acids is 1. The standard InChI is InChI=1S/C24H32N4O3S/c1-18-4-9-22(16-19(18)2)31-17-20-5-7-21(8-6-20)23(29)26-27-24(32)25-10-3-11-28-12-14-30-15-13-28/h4-9,16H,3,10-15,17H2,1-2H3,(H,26,29)(H2,25,27,32). The summed E-state index contributed by atoms with van der Waals surface area (Å²) in [6.07, 6.45) is 0.974. The second kappa shape index (κ2) is 12.4. The summed E-state index contributed by atoms with van der Waals surface area (Å²) in [5.41, 5.74) is 9.36. The largest absolute Gasteiger partial charge is 0.489 e. The number of rotatable bonds is 8. The lowest BCUT2D eigenvalue weighted by Gasteiger charge is -2.26. The van der Waals surface area contributed by atoms with E-state index >= 15 is 0 Å². The summed E-state index contributed by atoms with van der Waals surface area (Å²) in [4.78, 5) is 14.7. The monoisotopic (exact) mass is 456 g/mol. The average molecular weight is 457 g/mol. The highest BCUT2D eigenvalue weighted by Crippen LogP contribution is 2.18. The van der Waals surface area contributed by atoms with Crippen molar-refractivity contribution < 1.29 is 14.3 Å². The Balaban J connectivity index is 1.33. The van der Waals surface area contributed by atoms with E-state index in [4.69, 9.17) is 21.7 Å². The minimum absolute atomic E-state index is 0.246. The first-order chi connectivity index (χ1) is 15.5. The molecular weight excluding hydrogens is 424 g/mol. The first-order valence-corrected chi connectivity index (χ1v) is 11.4. The van der Waals surface area contributed by atoms with Crippen molar-refractivity contribution >= 4 is 23.2 Å². The number of hydrogen-bond acceptors (Lipinski definition) is 5. The first kappa shape index (κ1) is 24.0. The summed E-state index contributed by atoms with van der Waals surface area (Å²) in [6.45, 7) is 9.91. The van der Waals surface area contributed by atoms with Gasteiger partial charge in [-0.05, 0) is 80.0 Å². The van der Waals surface area contributed by atoms with Crippen molar-refractivity contribution in [3.05, 3.63) is 64.7 Å². The minimum Gasteiger partial charge on any atom is -0.489 e. The predicted molar refractivity (Wildman–Crippen MR) is 130 cm³/mol. The number of hydrazine groups is 1. The van der Waals surface area contributed by atoms with Gasteiger partial charge in [0.05, 0.1) is 13.2 Å². The highest BCUT2D eigenvalue weighted by molar-refractivity contribution is 7.80. The Bertz CT molecular complexity index is 899. The molecule has 2 aromatic rings. The third-order valence-electron chi connectivity index (χ3n) is 5.43. The third-order valence-corrected chi connectivity index (χ3v) is 5.68. The van der Waals surface area contributed by atoms with E-state index < -0.39 is 0 Å². The SMILES string of the molecule is Cc1ccc(OCc2ccc(C(=O)NNC(=S)NCCCN3CCOCC3)cc2)cc1C. The Morgan fingerprint density at radius 2 is 1.81 bits per heavy atom. The summed E-state index contributed by atoms with van der Waals surface area (Å²) in [6, 6.07) is 13.4. The van der Waals surface area contributed by atoms with Crippen LogP contribution in [0.2, 0.25) is 0 Å². The van der Waals surface area contributed by atoms with Crippen molar-refractivity contribution in [2.75, 3.05) is 39.4 Å². The quantitative estimate of drug-likeness (QED) is 0.320. The normalized spacial score (nSPS) is 13.9. The van der Waals surface area contributed by atoms with Crippen LogP contribution in [-0.4, -0.2) is 55.3 Å². The maximum absolute atomic E-state index is 12.3. The molecule has 2 aromatic carbocycles. The molecular formula is C24H32N4O3S. The first-order valence-electron chi connectivity index (χ1n) is 10.9. The van der Waals surface area contributed by atoms with Crippen molar-refractivity contribution in [3.63, 3.8) is 0 Å².